The Morgan fingerprint density at radius 1 is 1.27 bits per heavy atom. The van der Waals surface area contributed by atoms with Crippen LogP contribution in [0.15, 0.2) is 36.5 Å². The number of aromatic nitrogens is 1. The number of ether oxygens (including phenoxy) is 1. The summed E-state index contributed by atoms with van der Waals surface area (Å²) in [7, 11) is 0. The lowest BCUT2D eigenvalue weighted by molar-refractivity contribution is -0.117. The molecule has 1 heterocycles. The molecule has 2 atom stereocenters. The average molecular weight is 296 g/mol. The second kappa shape index (κ2) is 5.79. The Kier molecular flexibility index (Phi) is 3.84. The highest BCUT2D eigenvalue weighted by Crippen LogP contribution is 2.39. The van der Waals surface area contributed by atoms with Gasteiger partial charge in [-0.1, -0.05) is 19.1 Å². The fourth-order valence-corrected chi connectivity index (χ4v) is 2.42. The molecule has 4 nitrogen and oxygen atoms in total. The molecule has 0 radical (unpaired) electrons. The van der Waals surface area contributed by atoms with Crippen LogP contribution in [0.1, 0.15) is 24.5 Å². The number of nitrogens with one attached hydrogen (secondary N) is 1. The Labute approximate surface area is 130 Å². The van der Waals surface area contributed by atoms with Gasteiger partial charge in [0.2, 0.25) is 11.8 Å². The number of rotatable bonds is 4. The average Bonchev–Trinajstić information content (AvgIpc) is 3.23. The van der Waals surface area contributed by atoms with Gasteiger partial charge in [-0.25, -0.2) is 4.98 Å². The molecule has 3 rings (SSSR count). The molecule has 1 aliphatic carbocycles. The van der Waals surface area contributed by atoms with Crippen molar-refractivity contribution < 1.29 is 9.53 Å². The van der Waals surface area contributed by atoms with Crippen LogP contribution in [0.25, 0.3) is 0 Å². The number of carbonyl (C=O) groups is 1. The maximum atomic E-state index is 12.1. The molecule has 0 spiro atoms. The van der Waals surface area contributed by atoms with E-state index in [0.29, 0.717) is 17.5 Å². The lowest BCUT2D eigenvalue weighted by Crippen LogP contribution is -2.15. The maximum absolute atomic E-state index is 12.1. The smallest absolute Gasteiger partial charge is 0.243 e. The summed E-state index contributed by atoms with van der Waals surface area (Å²) in [5.41, 5.74) is 2.85. The Balaban J connectivity index is 1.82. The fraction of sp³-hybridized carbons (Fsp3) is 0.333. The SMILES string of the molecule is Cc1cccc(Oc2ncccc2NC(=O)[C@H]2C[C@H]2C)c1C. The summed E-state index contributed by atoms with van der Waals surface area (Å²) in [5, 5.41) is 2.93. The minimum absolute atomic E-state index is 0.0475. The van der Waals surface area contributed by atoms with Crippen molar-refractivity contribution in [3.63, 3.8) is 0 Å². The highest BCUT2D eigenvalue weighted by Gasteiger charge is 2.39. The molecular weight excluding hydrogens is 276 g/mol. The second-order valence-corrected chi connectivity index (χ2v) is 5.96. The molecule has 0 bridgehead atoms. The lowest BCUT2D eigenvalue weighted by Gasteiger charge is -2.13. The summed E-state index contributed by atoms with van der Waals surface area (Å²) >= 11 is 0. The van der Waals surface area contributed by atoms with Crippen LogP contribution in [0.4, 0.5) is 5.69 Å². The Morgan fingerprint density at radius 3 is 2.77 bits per heavy atom. The van der Waals surface area contributed by atoms with Gasteiger partial charge in [0.15, 0.2) is 0 Å². The first kappa shape index (κ1) is 14.6. The third-order valence-corrected chi connectivity index (χ3v) is 4.24. The standard InChI is InChI=1S/C18H20N2O2/c1-11-6-4-8-16(13(11)3)22-18-15(7-5-9-19-18)20-17(21)14-10-12(14)2/h4-9,12,14H,10H2,1-3H3,(H,20,21)/t12-,14+/m1/s1. The van der Waals surface area contributed by atoms with E-state index < -0.39 is 0 Å². The number of anilines is 1. The van der Waals surface area contributed by atoms with E-state index in [1.165, 1.54) is 0 Å². The molecule has 4 heteroatoms. The fourth-order valence-electron chi connectivity index (χ4n) is 2.42. The van der Waals surface area contributed by atoms with Crippen molar-refractivity contribution >= 4 is 11.6 Å². The molecule has 0 unspecified atom stereocenters. The monoisotopic (exact) mass is 296 g/mol. The first-order valence-electron chi connectivity index (χ1n) is 7.56. The molecule has 1 aromatic heterocycles. The Morgan fingerprint density at radius 2 is 2.05 bits per heavy atom. The molecule has 1 amide bonds. The highest BCUT2D eigenvalue weighted by atomic mass is 16.5. The van der Waals surface area contributed by atoms with Gasteiger partial charge in [0.05, 0.1) is 0 Å². The van der Waals surface area contributed by atoms with Gasteiger partial charge < -0.3 is 10.1 Å². The minimum Gasteiger partial charge on any atom is -0.437 e. The summed E-state index contributed by atoms with van der Waals surface area (Å²) in [6.45, 7) is 6.14. The van der Waals surface area contributed by atoms with Gasteiger partial charge in [0.25, 0.3) is 0 Å². The number of hydrogen-bond donors (Lipinski definition) is 1. The van der Waals surface area contributed by atoms with E-state index in [9.17, 15) is 4.79 Å². The van der Waals surface area contributed by atoms with Crippen molar-refractivity contribution in [3.8, 4) is 11.6 Å². The van der Waals surface area contributed by atoms with E-state index in [1.807, 2.05) is 38.1 Å². The van der Waals surface area contributed by atoms with Crippen molar-refractivity contribution in [2.24, 2.45) is 11.8 Å². The first-order chi connectivity index (χ1) is 10.6. The second-order valence-electron chi connectivity index (χ2n) is 5.96. The summed E-state index contributed by atoms with van der Waals surface area (Å²) in [6, 6.07) is 9.51. The van der Waals surface area contributed by atoms with E-state index >= 15 is 0 Å². The zero-order valence-electron chi connectivity index (χ0n) is 13.1. The van der Waals surface area contributed by atoms with Crippen LogP contribution in [-0.4, -0.2) is 10.9 Å². The third-order valence-electron chi connectivity index (χ3n) is 4.24. The summed E-state index contributed by atoms with van der Waals surface area (Å²) in [4.78, 5) is 16.4. The molecule has 0 saturated heterocycles. The maximum Gasteiger partial charge on any atom is 0.243 e. The molecular formula is C18H20N2O2. The van der Waals surface area contributed by atoms with E-state index in [2.05, 4.69) is 17.2 Å². The zero-order valence-corrected chi connectivity index (χ0v) is 13.1. The molecule has 1 N–H and O–H groups in total. The van der Waals surface area contributed by atoms with Crippen LogP contribution < -0.4 is 10.1 Å². The Bertz CT molecular complexity index is 712. The van der Waals surface area contributed by atoms with Gasteiger partial charge in [-0.2, -0.15) is 0 Å². The van der Waals surface area contributed by atoms with E-state index in [-0.39, 0.29) is 11.8 Å². The number of hydrogen-bond acceptors (Lipinski definition) is 3. The Hall–Kier alpha value is -2.36. The third kappa shape index (κ3) is 2.96. The molecule has 1 aliphatic rings. The predicted molar refractivity (Wildman–Crippen MR) is 86.1 cm³/mol. The number of nitrogens with zero attached hydrogens (tertiary/aromatic N) is 1. The van der Waals surface area contributed by atoms with Crippen LogP contribution in [0.5, 0.6) is 11.6 Å². The number of benzene rings is 1. The summed E-state index contributed by atoms with van der Waals surface area (Å²) in [6.07, 6.45) is 2.62. The van der Waals surface area contributed by atoms with E-state index in [1.54, 1.807) is 12.3 Å². The van der Waals surface area contributed by atoms with Gasteiger partial charge in [-0.15, -0.1) is 0 Å². The molecule has 1 saturated carbocycles. The molecule has 1 fully saturated rings. The van der Waals surface area contributed by atoms with Crippen molar-refractivity contribution in [3.05, 3.63) is 47.7 Å². The lowest BCUT2D eigenvalue weighted by atomic mass is 10.1. The van der Waals surface area contributed by atoms with Crippen molar-refractivity contribution in [1.82, 2.24) is 4.98 Å². The van der Waals surface area contributed by atoms with Crippen LogP contribution in [0.2, 0.25) is 0 Å². The van der Waals surface area contributed by atoms with Crippen LogP contribution in [0.3, 0.4) is 0 Å². The largest absolute Gasteiger partial charge is 0.437 e. The van der Waals surface area contributed by atoms with Gasteiger partial charge in [0, 0.05) is 12.1 Å². The van der Waals surface area contributed by atoms with Gasteiger partial charge in [-0.05, 0) is 55.5 Å². The highest BCUT2D eigenvalue weighted by molar-refractivity contribution is 5.95. The van der Waals surface area contributed by atoms with Gasteiger partial charge >= 0.3 is 0 Å². The first-order valence-corrected chi connectivity index (χ1v) is 7.56. The number of carbonyl (C=O) groups excluding carboxylic acids is 1. The van der Waals surface area contributed by atoms with Crippen molar-refractivity contribution in [1.29, 1.82) is 0 Å². The van der Waals surface area contributed by atoms with Crippen LogP contribution >= 0.6 is 0 Å². The van der Waals surface area contributed by atoms with Crippen molar-refractivity contribution in [2.45, 2.75) is 27.2 Å². The molecule has 0 aliphatic heterocycles. The number of amides is 1. The summed E-state index contributed by atoms with van der Waals surface area (Å²) < 4.78 is 5.92. The quantitative estimate of drug-likeness (QED) is 0.924. The minimum atomic E-state index is 0.0475. The van der Waals surface area contributed by atoms with E-state index in [0.717, 1.165) is 23.3 Å². The summed E-state index contributed by atoms with van der Waals surface area (Å²) in [5.74, 6) is 1.83. The van der Waals surface area contributed by atoms with Crippen LogP contribution in [0, 0.1) is 25.7 Å². The van der Waals surface area contributed by atoms with Gasteiger partial charge in [0.1, 0.15) is 11.4 Å². The van der Waals surface area contributed by atoms with Crippen LogP contribution in [-0.2, 0) is 4.79 Å². The molecule has 114 valence electrons. The topological polar surface area (TPSA) is 51.2 Å². The number of aryl methyl sites for hydroxylation is 1. The van der Waals surface area contributed by atoms with E-state index in [4.69, 9.17) is 4.74 Å². The number of pyridine rings is 1. The van der Waals surface area contributed by atoms with Gasteiger partial charge in [-0.3, -0.25) is 4.79 Å². The normalized spacial score (nSPS) is 19.6. The molecule has 1 aromatic carbocycles. The zero-order chi connectivity index (χ0) is 15.7. The van der Waals surface area contributed by atoms with Crippen molar-refractivity contribution in [2.75, 3.05) is 5.32 Å². The predicted octanol–water partition coefficient (Wildman–Crippen LogP) is 4.09. The molecule has 22 heavy (non-hydrogen) atoms. The molecule has 2 aromatic rings.